The molecule has 110 valence electrons. The first kappa shape index (κ1) is 15.3. The Morgan fingerprint density at radius 3 is 2.90 bits per heavy atom. The zero-order valence-corrected chi connectivity index (χ0v) is 12.8. The fraction of sp³-hybridized carbons (Fsp3) is 0.600. The summed E-state index contributed by atoms with van der Waals surface area (Å²) < 4.78 is 0. The number of carbonyl (C=O) groups is 1. The van der Waals surface area contributed by atoms with Crippen LogP contribution < -0.4 is 0 Å². The first-order valence-corrected chi connectivity index (χ1v) is 7.47. The molecule has 1 aromatic rings. The molecule has 5 heteroatoms. The molecule has 1 aliphatic heterocycles. The molecule has 1 unspecified atom stereocenters. The van der Waals surface area contributed by atoms with E-state index in [-0.39, 0.29) is 5.91 Å². The van der Waals surface area contributed by atoms with E-state index in [1.54, 1.807) is 17.0 Å². The number of halogens is 1. The van der Waals surface area contributed by atoms with Crippen molar-refractivity contribution in [1.29, 1.82) is 0 Å². The normalized spacial score (nSPS) is 23.5. The Hall–Kier alpha value is -1.13. The fourth-order valence-corrected chi connectivity index (χ4v) is 2.73. The van der Waals surface area contributed by atoms with E-state index in [0.29, 0.717) is 30.2 Å². The van der Waals surface area contributed by atoms with Crippen LogP contribution >= 0.6 is 11.6 Å². The van der Waals surface area contributed by atoms with Crippen molar-refractivity contribution in [3.8, 4) is 0 Å². The predicted octanol–water partition coefficient (Wildman–Crippen LogP) is 2.67. The molecule has 0 radical (unpaired) electrons. The number of amides is 1. The molecule has 1 N–H and O–H groups in total. The average molecular weight is 297 g/mol. The molecular formula is C15H21ClN2O2. The molecule has 0 aliphatic carbocycles. The highest BCUT2D eigenvalue weighted by molar-refractivity contribution is 6.29. The molecule has 1 aliphatic rings. The summed E-state index contributed by atoms with van der Waals surface area (Å²) in [5, 5.41) is 10.4. The number of aryl methyl sites for hydroxylation is 1. The van der Waals surface area contributed by atoms with Gasteiger partial charge in [-0.25, -0.2) is 4.98 Å². The van der Waals surface area contributed by atoms with Crippen molar-refractivity contribution in [2.75, 3.05) is 13.1 Å². The maximum absolute atomic E-state index is 12.5. The number of aromatic nitrogens is 1. The minimum absolute atomic E-state index is 0.0262. The highest BCUT2D eigenvalue weighted by Crippen LogP contribution is 2.23. The van der Waals surface area contributed by atoms with Crippen LogP contribution in [-0.2, 0) is 6.42 Å². The lowest BCUT2D eigenvalue weighted by Crippen LogP contribution is -2.33. The van der Waals surface area contributed by atoms with Crippen molar-refractivity contribution in [3.63, 3.8) is 0 Å². The zero-order valence-electron chi connectivity index (χ0n) is 12.0. The Kier molecular flexibility index (Phi) is 4.66. The van der Waals surface area contributed by atoms with Crippen LogP contribution in [-0.4, -0.2) is 39.6 Å². The molecule has 1 fully saturated rings. The van der Waals surface area contributed by atoms with E-state index in [4.69, 9.17) is 11.6 Å². The number of pyridine rings is 1. The summed E-state index contributed by atoms with van der Waals surface area (Å²) in [5.41, 5.74) is 0.741. The van der Waals surface area contributed by atoms with Gasteiger partial charge < -0.3 is 10.0 Å². The van der Waals surface area contributed by atoms with Crippen molar-refractivity contribution in [2.45, 2.75) is 45.1 Å². The molecule has 1 amide bonds. The fourth-order valence-electron chi connectivity index (χ4n) is 2.50. The lowest BCUT2D eigenvalue weighted by Gasteiger charge is -2.22. The number of carbonyl (C=O) groups excluding carboxylic acids is 1. The van der Waals surface area contributed by atoms with Crippen LogP contribution in [0.2, 0.25) is 5.15 Å². The van der Waals surface area contributed by atoms with Gasteiger partial charge in [0.05, 0.1) is 5.60 Å². The van der Waals surface area contributed by atoms with E-state index in [1.165, 1.54) is 0 Å². The maximum atomic E-state index is 12.5. The SMILES string of the molecule is CCc1cc(C(=O)N2CCCC(C)(O)CC2)cc(Cl)n1. The van der Waals surface area contributed by atoms with Gasteiger partial charge in [-0.15, -0.1) is 0 Å². The minimum atomic E-state index is -0.667. The molecule has 0 bridgehead atoms. The largest absolute Gasteiger partial charge is 0.390 e. The quantitative estimate of drug-likeness (QED) is 0.854. The molecule has 0 aromatic carbocycles. The first-order chi connectivity index (χ1) is 9.41. The lowest BCUT2D eigenvalue weighted by atomic mass is 9.98. The van der Waals surface area contributed by atoms with Gasteiger partial charge in [-0.3, -0.25) is 4.79 Å². The average Bonchev–Trinajstić information content (AvgIpc) is 2.58. The standard InChI is InChI=1S/C15H21ClN2O2/c1-3-12-9-11(10-13(16)17-12)14(19)18-7-4-5-15(2,20)6-8-18/h9-10,20H,3-8H2,1-2H3. The highest BCUT2D eigenvalue weighted by atomic mass is 35.5. The molecule has 1 saturated heterocycles. The topological polar surface area (TPSA) is 53.4 Å². The van der Waals surface area contributed by atoms with Gasteiger partial charge in [0.25, 0.3) is 5.91 Å². The second-order valence-electron chi connectivity index (χ2n) is 5.67. The van der Waals surface area contributed by atoms with E-state index in [0.717, 1.165) is 25.0 Å². The van der Waals surface area contributed by atoms with Crippen LogP contribution in [0.5, 0.6) is 0 Å². The van der Waals surface area contributed by atoms with Crippen molar-refractivity contribution in [2.24, 2.45) is 0 Å². The summed E-state index contributed by atoms with van der Waals surface area (Å²) in [4.78, 5) is 18.5. The lowest BCUT2D eigenvalue weighted by molar-refractivity contribution is 0.0438. The van der Waals surface area contributed by atoms with Gasteiger partial charge in [-0.1, -0.05) is 18.5 Å². The van der Waals surface area contributed by atoms with Crippen LogP contribution in [0.1, 0.15) is 49.2 Å². The number of hydrogen-bond donors (Lipinski definition) is 1. The summed E-state index contributed by atoms with van der Waals surface area (Å²) in [7, 11) is 0. The van der Waals surface area contributed by atoms with Gasteiger partial charge in [0.2, 0.25) is 0 Å². The number of hydrogen-bond acceptors (Lipinski definition) is 3. The molecule has 0 spiro atoms. The highest BCUT2D eigenvalue weighted by Gasteiger charge is 2.27. The van der Waals surface area contributed by atoms with Gasteiger partial charge in [-0.05, 0) is 44.7 Å². The van der Waals surface area contributed by atoms with Crippen molar-refractivity contribution < 1.29 is 9.90 Å². The molecule has 20 heavy (non-hydrogen) atoms. The van der Waals surface area contributed by atoms with Gasteiger partial charge in [-0.2, -0.15) is 0 Å². The smallest absolute Gasteiger partial charge is 0.254 e. The summed E-state index contributed by atoms with van der Waals surface area (Å²) in [6, 6.07) is 3.42. The molecule has 4 nitrogen and oxygen atoms in total. The van der Waals surface area contributed by atoms with Crippen LogP contribution in [0.3, 0.4) is 0 Å². The van der Waals surface area contributed by atoms with Crippen LogP contribution in [0, 0.1) is 0 Å². The number of nitrogens with zero attached hydrogens (tertiary/aromatic N) is 2. The first-order valence-electron chi connectivity index (χ1n) is 7.09. The third-order valence-electron chi connectivity index (χ3n) is 3.81. The molecule has 2 rings (SSSR count). The minimum Gasteiger partial charge on any atom is -0.390 e. The third-order valence-corrected chi connectivity index (χ3v) is 4.00. The molecule has 0 saturated carbocycles. The van der Waals surface area contributed by atoms with Crippen LogP contribution in [0.15, 0.2) is 12.1 Å². The Morgan fingerprint density at radius 2 is 2.20 bits per heavy atom. The van der Waals surface area contributed by atoms with Crippen LogP contribution in [0.4, 0.5) is 0 Å². The Bertz CT molecular complexity index is 503. The van der Waals surface area contributed by atoms with Crippen molar-refractivity contribution >= 4 is 17.5 Å². The second-order valence-corrected chi connectivity index (χ2v) is 6.05. The summed E-state index contributed by atoms with van der Waals surface area (Å²) in [5.74, 6) is -0.0262. The summed E-state index contributed by atoms with van der Waals surface area (Å²) >= 11 is 5.97. The second kappa shape index (κ2) is 6.10. The summed E-state index contributed by atoms with van der Waals surface area (Å²) in [6.07, 6.45) is 2.90. The van der Waals surface area contributed by atoms with Gasteiger partial charge >= 0.3 is 0 Å². The molecule has 2 heterocycles. The predicted molar refractivity (Wildman–Crippen MR) is 79.0 cm³/mol. The van der Waals surface area contributed by atoms with Gasteiger partial charge in [0.15, 0.2) is 0 Å². The van der Waals surface area contributed by atoms with E-state index in [1.807, 2.05) is 13.8 Å². The summed E-state index contributed by atoms with van der Waals surface area (Å²) in [6.45, 7) is 5.07. The van der Waals surface area contributed by atoms with Gasteiger partial charge in [0.1, 0.15) is 5.15 Å². The van der Waals surface area contributed by atoms with Crippen LogP contribution in [0.25, 0.3) is 0 Å². The zero-order chi connectivity index (χ0) is 14.8. The monoisotopic (exact) mass is 296 g/mol. The number of aliphatic hydroxyl groups is 1. The Morgan fingerprint density at radius 1 is 1.45 bits per heavy atom. The third kappa shape index (κ3) is 3.70. The number of rotatable bonds is 2. The Labute approximate surface area is 124 Å². The molecule has 1 aromatic heterocycles. The van der Waals surface area contributed by atoms with E-state index >= 15 is 0 Å². The van der Waals surface area contributed by atoms with Crippen molar-refractivity contribution in [3.05, 3.63) is 28.5 Å². The maximum Gasteiger partial charge on any atom is 0.254 e. The Balaban J connectivity index is 2.16. The van der Waals surface area contributed by atoms with E-state index in [2.05, 4.69) is 4.98 Å². The van der Waals surface area contributed by atoms with E-state index < -0.39 is 5.60 Å². The molecule has 1 atom stereocenters. The van der Waals surface area contributed by atoms with Gasteiger partial charge in [0, 0.05) is 24.3 Å². The molecular weight excluding hydrogens is 276 g/mol. The van der Waals surface area contributed by atoms with Crippen molar-refractivity contribution in [1.82, 2.24) is 9.88 Å². The van der Waals surface area contributed by atoms with E-state index in [9.17, 15) is 9.90 Å². The number of likely N-dealkylation sites (tertiary alicyclic amines) is 1.